The van der Waals surface area contributed by atoms with E-state index in [1.807, 2.05) is 23.1 Å². The van der Waals surface area contributed by atoms with Gasteiger partial charge in [0, 0.05) is 31.5 Å². The summed E-state index contributed by atoms with van der Waals surface area (Å²) in [7, 11) is 0. The Balaban J connectivity index is 1.64. The fraction of sp³-hybridized carbons (Fsp3) is 0.600. The van der Waals surface area contributed by atoms with Gasteiger partial charge in [0.1, 0.15) is 23.9 Å². The third-order valence-corrected chi connectivity index (χ3v) is 6.93. The maximum absolute atomic E-state index is 13.4. The maximum atomic E-state index is 13.4. The normalized spacial score (nSPS) is 25.9. The zero-order chi connectivity index (χ0) is 25.1. The lowest BCUT2D eigenvalue weighted by Crippen LogP contribution is -2.54. The number of cyclic esters (lactones) is 1. The van der Waals surface area contributed by atoms with Crippen LogP contribution < -0.4 is 10.1 Å². The summed E-state index contributed by atoms with van der Waals surface area (Å²) in [6.45, 7) is 4.82. The van der Waals surface area contributed by atoms with Crippen LogP contribution in [-0.2, 0) is 32.1 Å². The van der Waals surface area contributed by atoms with Crippen molar-refractivity contribution in [3.63, 3.8) is 0 Å². The van der Waals surface area contributed by atoms with Crippen LogP contribution in [0.5, 0.6) is 5.75 Å². The fourth-order valence-corrected chi connectivity index (χ4v) is 4.98. The Morgan fingerprint density at radius 1 is 1.17 bits per heavy atom. The molecule has 10 nitrogen and oxygen atoms in total. The van der Waals surface area contributed by atoms with Crippen molar-refractivity contribution in [2.75, 3.05) is 19.7 Å². The molecular formula is C25H33N3O7. The number of ether oxygens (including phenoxy) is 2. The summed E-state index contributed by atoms with van der Waals surface area (Å²) in [6, 6.07) is 3.76. The van der Waals surface area contributed by atoms with Gasteiger partial charge in [0.2, 0.25) is 11.8 Å². The Morgan fingerprint density at radius 3 is 2.71 bits per heavy atom. The fourth-order valence-electron chi connectivity index (χ4n) is 4.98. The molecular weight excluding hydrogens is 454 g/mol. The van der Waals surface area contributed by atoms with E-state index < -0.39 is 36.2 Å². The topological polar surface area (TPSA) is 125 Å². The number of hydrogen-bond acceptors (Lipinski definition) is 6. The lowest BCUT2D eigenvalue weighted by Gasteiger charge is -2.31. The van der Waals surface area contributed by atoms with E-state index in [9.17, 15) is 24.3 Å². The SMILES string of the molecule is CC(C)[C@@H]1NC(=O)OCCCCC(=O)N2CCc3cccc(c3C2)O[C@@H]2C[C@@H](C(=O)O)N(C2)C1=O. The number of nitrogens with zero attached hydrogens (tertiary/aromatic N) is 2. The number of carboxylic acids is 1. The second-order valence-electron chi connectivity index (χ2n) is 9.74. The van der Waals surface area contributed by atoms with Gasteiger partial charge in [-0.15, -0.1) is 0 Å². The van der Waals surface area contributed by atoms with Crippen molar-refractivity contribution >= 4 is 23.9 Å². The molecule has 0 saturated carbocycles. The van der Waals surface area contributed by atoms with Crippen LogP contribution >= 0.6 is 0 Å². The zero-order valence-corrected chi connectivity index (χ0v) is 20.2. The molecule has 3 amide bonds. The van der Waals surface area contributed by atoms with Gasteiger partial charge >= 0.3 is 12.1 Å². The molecule has 3 aliphatic heterocycles. The van der Waals surface area contributed by atoms with Crippen LogP contribution in [0.15, 0.2) is 18.2 Å². The maximum Gasteiger partial charge on any atom is 0.407 e. The molecule has 4 rings (SSSR count). The van der Waals surface area contributed by atoms with Gasteiger partial charge in [-0.25, -0.2) is 9.59 Å². The average molecular weight is 488 g/mol. The molecule has 190 valence electrons. The molecule has 1 fully saturated rings. The lowest BCUT2D eigenvalue weighted by molar-refractivity contribution is -0.149. The summed E-state index contributed by atoms with van der Waals surface area (Å²) in [4.78, 5) is 53.6. The monoisotopic (exact) mass is 487 g/mol. The molecule has 35 heavy (non-hydrogen) atoms. The van der Waals surface area contributed by atoms with Crippen molar-refractivity contribution < 1.29 is 33.8 Å². The number of rotatable bonds is 2. The van der Waals surface area contributed by atoms with Crippen LogP contribution in [0, 0.1) is 5.92 Å². The highest BCUT2D eigenvalue weighted by Gasteiger charge is 2.44. The molecule has 1 aromatic rings. The van der Waals surface area contributed by atoms with Crippen molar-refractivity contribution in [1.29, 1.82) is 0 Å². The number of carboxylic acid groups (broad SMARTS) is 1. The average Bonchev–Trinajstić information content (AvgIpc) is 3.25. The molecule has 3 aliphatic rings. The summed E-state index contributed by atoms with van der Waals surface area (Å²) in [5.41, 5.74) is 2.04. The quantitative estimate of drug-likeness (QED) is 0.653. The minimum absolute atomic E-state index is 0.0412. The summed E-state index contributed by atoms with van der Waals surface area (Å²) in [5, 5.41) is 12.4. The predicted octanol–water partition coefficient (Wildman–Crippen LogP) is 1.94. The van der Waals surface area contributed by atoms with Crippen LogP contribution in [0.1, 0.15) is 50.7 Å². The molecule has 3 atom stereocenters. The van der Waals surface area contributed by atoms with Gasteiger partial charge in [-0.3, -0.25) is 9.59 Å². The van der Waals surface area contributed by atoms with Crippen molar-refractivity contribution in [2.45, 2.75) is 70.7 Å². The van der Waals surface area contributed by atoms with Gasteiger partial charge in [0.05, 0.1) is 13.2 Å². The Bertz CT molecular complexity index is 995. The highest BCUT2D eigenvalue weighted by molar-refractivity contribution is 5.90. The van der Waals surface area contributed by atoms with Crippen molar-refractivity contribution in [2.24, 2.45) is 5.92 Å². The molecule has 10 heteroatoms. The van der Waals surface area contributed by atoms with E-state index >= 15 is 0 Å². The molecule has 2 N–H and O–H groups in total. The van der Waals surface area contributed by atoms with Gasteiger partial charge in [0.25, 0.3) is 0 Å². The first-order chi connectivity index (χ1) is 16.7. The number of amides is 3. The standard InChI is InChI=1S/C25H33N3O7/c1-15(2)22-23(30)28-13-17(12-19(28)24(31)32)35-20-7-5-6-16-9-10-27(14-18(16)20)21(29)8-3-4-11-34-25(33)26-22/h5-7,15,17,19,22H,3-4,8-14H2,1-2H3,(H,26,33)(H,31,32)/t17-,19+,22+/m1/s1. The van der Waals surface area contributed by atoms with Gasteiger partial charge in [-0.05, 0) is 36.8 Å². The van der Waals surface area contributed by atoms with E-state index in [2.05, 4.69) is 5.32 Å². The summed E-state index contributed by atoms with van der Waals surface area (Å²) in [6.07, 6.45) is 1.03. The lowest BCUT2D eigenvalue weighted by atomic mass is 9.98. The van der Waals surface area contributed by atoms with Crippen LogP contribution in [0.25, 0.3) is 0 Å². The second kappa shape index (κ2) is 10.5. The number of aliphatic carboxylic acids is 1. The second-order valence-corrected chi connectivity index (χ2v) is 9.74. The molecule has 3 heterocycles. The van der Waals surface area contributed by atoms with Crippen LogP contribution in [-0.4, -0.2) is 76.7 Å². The van der Waals surface area contributed by atoms with Crippen LogP contribution in [0.3, 0.4) is 0 Å². The van der Waals surface area contributed by atoms with Crippen LogP contribution in [0.2, 0.25) is 0 Å². The minimum Gasteiger partial charge on any atom is -0.488 e. The molecule has 0 aromatic heterocycles. The highest BCUT2D eigenvalue weighted by Crippen LogP contribution is 2.32. The first-order valence-electron chi connectivity index (χ1n) is 12.3. The Morgan fingerprint density at radius 2 is 1.97 bits per heavy atom. The van der Waals surface area contributed by atoms with Crippen LogP contribution in [0.4, 0.5) is 4.79 Å². The van der Waals surface area contributed by atoms with E-state index in [1.54, 1.807) is 13.8 Å². The number of fused-ring (bicyclic) bond motifs is 3. The van der Waals surface area contributed by atoms with E-state index in [0.29, 0.717) is 44.5 Å². The van der Waals surface area contributed by atoms with E-state index in [0.717, 1.165) is 11.1 Å². The smallest absolute Gasteiger partial charge is 0.407 e. The third kappa shape index (κ3) is 5.52. The molecule has 0 radical (unpaired) electrons. The molecule has 0 unspecified atom stereocenters. The van der Waals surface area contributed by atoms with Crippen molar-refractivity contribution in [1.82, 2.24) is 15.1 Å². The first-order valence-corrected chi connectivity index (χ1v) is 12.3. The zero-order valence-electron chi connectivity index (χ0n) is 20.2. The number of carbonyl (C=O) groups is 4. The molecule has 1 aromatic carbocycles. The molecule has 4 bridgehead atoms. The third-order valence-electron chi connectivity index (χ3n) is 6.93. The van der Waals surface area contributed by atoms with Crippen molar-refractivity contribution in [3.05, 3.63) is 29.3 Å². The predicted molar refractivity (Wildman–Crippen MR) is 125 cm³/mol. The van der Waals surface area contributed by atoms with Gasteiger partial charge < -0.3 is 29.7 Å². The van der Waals surface area contributed by atoms with Gasteiger partial charge in [0.15, 0.2) is 0 Å². The summed E-state index contributed by atoms with van der Waals surface area (Å²) < 4.78 is 11.5. The number of benzene rings is 1. The number of alkyl carbamates (subject to hydrolysis) is 1. The minimum atomic E-state index is -1.12. The Kier molecular flexibility index (Phi) is 7.47. The first kappa shape index (κ1) is 24.8. The number of carbonyl (C=O) groups excluding carboxylic acids is 3. The number of nitrogens with one attached hydrogen (secondary N) is 1. The van der Waals surface area contributed by atoms with E-state index in [-0.39, 0.29) is 31.4 Å². The number of hydrogen-bond donors (Lipinski definition) is 2. The van der Waals surface area contributed by atoms with Crippen molar-refractivity contribution in [3.8, 4) is 5.75 Å². The largest absolute Gasteiger partial charge is 0.488 e. The van der Waals surface area contributed by atoms with Gasteiger partial charge in [-0.2, -0.15) is 0 Å². The molecule has 0 spiro atoms. The molecule has 0 aliphatic carbocycles. The van der Waals surface area contributed by atoms with E-state index in [4.69, 9.17) is 9.47 Å². The molecule has 1 saturated heterocycles. The summed E-state index contributed by atoms with van der Waals surface area (Å²) >= 11 is 0. The Labute approximate surface area is 204 Å². The highest BCUT2D eigenvalue weighted by atomic mass is 16.5. The van der Waals surface area contributed by atoms with Gasteiger partial charge in [-0.1, -0.05) is 26.0 Å². The Hall–Kier alpha value is -3.30. The van der Waals surface area contributed by atoms with E-state index in [1.165, 1.54) is 4.90 Å². The summed E-state index contributed by atoms with van der Waals surface area (Å²) in [5.74, 6) is -1.21.